The Labute approximate surface area is 139 Å². The third-order valence-corrected chi connectivity index (χ3v) is 4.46. The molecule has 0 aliphatic rings. The molecule has 0 unspecified atom stereocenters. The van der Waals surface area contributed by atoms with Crippen LogP contribution in [-0.4, -0.2) is 28.1 Å². The fourth-order valence-corrected chi connectivity index (χ4v) is 3.17. The number of rotatable bonds is 7. The van der Waals surface area contributed by atoms with Crippen LogP contribution in [-0.2, 0) is 5.75 Å². The average Bonchev–Trinajstić information content (AvgIpc) is 2.98. The van der Waals surface area contributed by atoms with E-state index in [4.69, 9.17) is 10.5 Å². The van der Waals surface area contributed by atoms with Gasteiger partial charge in [0.25, 0.3) is 0 Å². The van der Waals surface area contributed by atoms with Crippen LogP contribution in [0.3, 0.4) is 0 Å². The summed E-state index contributed by atoms with van der Waals surface area (Å²) in [7, 11) is 0. The number of nitrogens with zero attached hydrogens (tertiary/aromatic N) is 2. The Morgan fingerprint density at radius 1 is 1.26 bits per heavy atom. The SMILES string of the molecule is Cc1c(OCCCN)ccnc1CSc1nc2ccccc2[nH]1. The molecule has 6 heteroatoms. The second-order valence-electron chi connectivity index (χ2n) is 5.22. The summed E-state index contributed by atoms with van der Waals surface area (Å²) in [6, 6.07) is 9.93. The van der Waals surface area contributed by atoms with E-state index < -0.39 is 0 Å². The first-order valence-corrected chi connectivity index (χ1v) is 8.61. The van der Waals surface area contributed by atoms with Crippen LogP contribution in [0.25, 0.3) is 11.0 Å². The number of aromatic amines is 1. The van der Waals surface area contributed by atoms with Crippen LogP contribution in [0.15, 0.2) is 41.7 Å². The van der Waals surface area contributed by atoms with Crippen molar-refractivity contribution < 1.29 is 4.74 Å². The number of para-hydroxylation sites is 2. The topological polar surface area (TPSA) is 76.8 Å². The minimum absolute atomic E-state index is 0.636. The largest absolute Gasteiger partial charge is 0.493 e. The van der Waals surface area contributed by atoms with Crippen molar-refractivity contribution in [2.45, 2.75) is 24.3 Å². The zero-order valence-corrected chi connectivity index (χ0v) is 13.9. The van der Waals surface area contributed by atoms with Crippen LogP contribution in [0.5, 0.6) is 5.75 Å². The van der Waals surface area contributed by atoms with E-state index in [9.17, 15) is 0 Å². The fraction of sp³-hybridized carbons (Fsp3) is 0.294. The van der Waals surface area contributed by atoms with Crippen molar-refractivity contribution in [2.75, 3.05) is 13.2 Å². The highest BCUT2D eigenvalue weighted by molar-refractivity contribution is 7.98. The highest BCUT2D eigenvalue weighted by Crippen LogP contribution is 2.26. The molecule has 5 nitrogen and oxygen atoms in total. The quantitative estimate of drug-likeness (QED) is 0.514. The van der Waals surface area contributed by atoms with Gasteiger partial charge in [-0.1, -0.05) is 23.9 Å². The number of thioether (sulfide) groups is 1. The number of nitrogens with two attached hydrogens (primary N) is 1. The molecule has 0 aliphatic heterocycles. The number of nitrogens with one attached hydrogen (secondary N) is 1. The van der Waals surface area contributed by atoms with E-state index in [2.05, 4.69) is 15.0 Å². The molecule has 0 amide bonds. The Morgan fingerprint density at radius 2 is 2.13 bits per heavy atom. The van der Waals surface area contributed by atoms with Crippen LogP contribution in [0.4, 0.5) is 0 Å². The molecule has 0 spiro atoms. The van der Waals surface area contributed by atoms with Crippen molar-refractivity contribution in [2.24, 2.45) is 5.73 Å². The predicted molar refractivity (Wildman–Crippen MR) is 93.8 cm³/mol. The predicted octanol–water partition coefficient (Wildman–Crippen LogP) is 3.29. The summed E-state index contributed by atoms with van der Waals surface area (Å²) >= 11 is 1.65. The van der Waals surface area contributed by atoms with Gasteiger partial charge in [0.2, 0.25) is 0 Å². The molecule has 120 valence electrons. The van der Waals surface area contributed by atoms with Gasteiger partial charge in [0, 0.05) is 17.5 Å². The second kappa shape index (κ2) is 7.48. The average molecular weight is 328 g/mol. The van der Waals surface area contributed by atoms with Gasteiger partial charge in [0.05, 0.1) is 23.3 Å². The lowest BCUT2D eigenvalue weighted by molar-refractivity contribution is 0.310. The molecular weight excluding hydrogens is 308 g/mol. The Balaban J connectivity index is 1.68. The molecule has 0 fully saturated rings. The molecule has 0 aliphatic carbocycles. The number of H-pyrrole nitrogens is 1. The number of aromatic nitrogens is 3. The van der Waals surface area contributed by atoms with Crippen molar-refractivity contribution in [1.82, 2.24) is 15.0 Å². The van der Waals surface area contributed by atoms with Gasteiger partial charge >= 0.3 is 0 Å². The highest BCUT2D eigenvalue weighted by atomic mass is 32.2. The minimum atomic E-state index is 0.636. The first-order valence-electron chi connectivity index (χ1n) is 7.63. The molecule has 3 N–H and O–H groups in total. The molecule has 0 saturated carbocycles. The molecule has 23 heavy (non-hydrogen) atoms. The monoisotopic (exact) mass is 328 g/mol. The standard InChI is InChI=1S/C17H20N4OS/c1-12-15(19-9-7-16(12)22-10-4-8-18)11-23-17-20-13-5-2-3-6-14(13)21-17/h2-3,5-7,9H,4,8,10-11,18H2,1H3,(H,20,21). The highest BCUT2D eigenvalue weighted by Gasteiger charge is 2.09. The first-order chi connectivity index (χ1) is 11.3. The number of hydrogen-bond donors (Lipinski definition) is 2. The van der Waals surface area contributed by atoms with Gasteiger partial charge in [0.1, 0.15) is 5.75 Å². The summed E-state index contributed by atoms with van der Waals surface area (Å²) in [4.78, 5) is 12.4. The van der Waals surface area contributed by atoms with Gasteiger partial charge < -0.3 is 15.5 Å². The summed E-state index contributed by atoms with van der Waals surface area (Å²) in [5, 5.41) is 0.904. The maximum Gasteiger partial charge on any atom is 0.166 e. The fourth-order valence-electron chi connectivity index (χ4n) is 2.26. The summed E-state index contributed by atoms with van der Waals surface area (Å²) in [6.45, 7) is 3.32. The Morgan fingerprint density at radius 3 is 2.96 bits per heavy atom. The normalized spacial score (nSPS) is 11.0. The van der Waals surface area contributed by atoms with Gasteiger partial charge in [-0.15, -0.1) is 0 Å². The lowest BCUT2D eigenvalue weighted by atomic mass is 10.2. The number of pyridine rings is 1. The van der Waals surface area contributed by atoms with Crippen molar-refractivity contribution in [3.05, 3.63) is 47.8 Å². The minimum Gasteiger partial charge on any atom is -0.493 e. The van der Waals surface area contributed by atoms with Crippen LogP contribution >= 0.6 is 11.8 Å². The lowest BCUT2D eigenvalue weighted by Gasteiger charge is -2.11. The molecule has 0 bridgehead atoms. The smallest absolute Gasteiger partial charge is 0.166 e. The van der Waals surface area contributed by atoms with E-state index in [-0.39, 0.29) is 0 Å². The van der Waals surface area contributed by atoms with Crippen LogP contribution < -0.4 is 10.5 Å². The number of fused-ring (bicyclic) bond motifs is 1. The number of hydrogen-bond acceptors (Lipinski definition) is 5. The molecule has 0 radical (unpaired) electrons. The maximum atomic E-state index is 5.77. The van der Waals surface area contributed by atoms with Crippen molar-refractivity contribution in [3.8, 4) is 5.75 Å². The van der Waals surface area contributed by atoms with Gasteiger partial charge in [0.15, 0.2) is 5.16 Å². The lowest BCUT2D eigenvalue weighted by Crippen LogP contribution is -2.07. The van der Waals surface area contributed by atoms with E-state index in [1.165, 1.54) is 0 Å². The van der Waals surface area contributed by atoms with Crippen LogP contribution in [0.2, 0.25) is 0 Å². The van der Waals surface area contributed by atoms with E-state index in [0.29, 0.717) is 13.2 Å². The van der Waals surface area contributed by atoms with E-state index >= 15 is 0 Å². The van der Waals surface area contributed by atoms with Gasteiger partial charge in [-0.3, -0.25) is 4.98 Å². The molecule has 1 aromatic carbocycles. The summed E-state index contributed by atoms with van der Waals surface area (Å²) in [5.41, 5.74) is 9.63. The van der Waals surface area contributed by atoms with E-state index in [1.807, 2.05) is 37.3 Å². The van der Waals surface area contributed by atoms with Gasteiger partial charge in [-0.05, 0) is 38.1 Å². The van der Waals surface area contributed by atoms with Gasteiger partial charge in [-0.25, -0.2) is 4.98 Å². The van der Waals surface area contributed by atoms with Crippen molar-refractivity contribution >= 4 is 22.8 Å². The third kappa shape index (κ3) is 3.83. The van der Waals surface area contributed by atoms with Crippen LogP contribution in [0.1, 0.15) is 17.7 Å². The number of ether oxygens (including phenoxy) is 1. The Hall–Kier alpha value is -2.05. The molecule has 2 aromatic heterocycles. The summed E-state index contributed by atoms with van der Waals surface area (Å²) in [6.07, 6.45) is 2.64. The third-order valence-electron chi connectivity index (χ3n) is 3.58. The molecular formula is C17H20N4OS. The van der Waals surface area contributed by atoms with Gasteiger partial charge in [-0.2, -0.15) is 0 Å². The number of benzene rings is 1. The molecule has 0 saturated heterocycles. The summed E-state index contributed by atoms with van der Waals surface area (Å²) in [5.74, 6) is 1.63. The molecule has 0 atom stereocenters. The van der Waals surface area contributed by atoms with Crippen molar-refractivity contribution in [1.29, 1.82) is 0 Å². The zero-order chi connectivity index (χ0) is 16.1. The molecule has 3 aromatic rings. The number of imidazole rings is 1. The van der Waals surface area contributed by atoms with E-state index in [1.54, 1.807) is 18.0 Å². The Bertz CT molecular complexity index is 754. The van der Waals surface area contributed by atoms with Crippen LogP contribution in [0, 0.1) is 6.92 Å². The molecule has 2 heterocycles. The zero-order valence-electron chi connectivity index (χ0n) is 13.1. The molecule has 3 rings (SSSR count). The first kappa shape index (κ1) is 15.8. The second-order valence-corrected chi connectivity index (χ2v) is 6.18. The van der Waals surface area contributed by atoms with E-state index in [0.717, 1.165) is 45.4 Å². The Kier molecular flexibility index (Phi) is 5.15. The van der Waals surface area contributed by atoms with Crippen molar-refractivity contribution in [3.63, 3.8) is 0 Å². The summed E-state index contributed by atoms with van der Waals surface area (Å²) < 4.78 is 5.77. The maximum absolute atomic E-state index is 5.77.